The van der Waals surface area contributed by atoms with E-state index in [0.29, 0.717) is 11.7 Å². The zero-order chi connectivity index (χ0) is 14.7. The highest BCUT2D eigenvalue weighted by Gasteiger charge is 2.18. The predicted octanol–water partition coefficient (Wildman–Crippen LogP) is 3.50. The van der Waals surface area contributed by atoms with Crippen LogP contribution in [0.5, 0.6) is 0 Å². The van der Waals surface area contributed by atoms with E-state index in [1.54, 1.807) is 6.20 Å². The smallest absolute Gasteiger partial charge is 0.143 e. The lowest BCUT2D eigenvalue weighted by Gasteiger charge is -2.32. The van der Waals surface area contributed by atoms with Gasteiger partial charge < -0.3 is 0 Å². The fourth-order valence-electron chi connectivity index (χ4n) is 3.05. The Hall–Kier alpha value is -2.12. The topological polar surface area (TPSA) is 55.7 Å². The van der Waals surface area contributed by atoms with Crippen LogP contribution in [0.15, 0.2) is 30.5 Å². The van der Waals surface area contributed by atoms with Gasteiger partial charge in [0, 0.05) is 11.6 Å². The number of nitriles is 1. The Labute approximate surface area is 125 Å². The Morgan fingerprint density at radius 2 is 1.90 bits per heavy atom. The zero-order valence-electron chi connectivity index (χ0n) is 12.3. The summed E-state index contributed by atoms with van der Waals surface area (Å²) in [5, 5.41) is 15.7. The molecule has 0 amide bonds. The summed E-state index contributed by atoms with van der Waals surface area (Å²) >= 11 is 0. The van der Waals surface area contributed by atoms with Crippen molar-refractivity contribution in [3.8, 4) is 17.2 Å². The van der Waals surface area contributed by atoms with Gasteiger partial charge in [0.1, 0.15) is 11.8 Å². The van der Waals surface area contributed by atoms with Gasteiger partial charge in [-0.3, -0.25) is 10.00 Å². The molecule has 0 saturated carbocycles. The van der Waals surface area contributed by atoms with Crippen LogP contribution in [-0.4, -0.2) is 28.2 Å². The van der Waals surface area contributed by atoms with Crippen molar-refractivity contribution in [2.24, 2.45) is 0 Å². The van der Waals surface area contributed by atoms with Crippen LogP contribution in [0, 0.1) is 11.3 Å². The number of aromatic amines is 1. The monoisotopic (exact) mass is 280 g/mol. The van der Waals surface area contributed by atoms with Crippen LogP contribution in [0.1, 0.15) is 43.5 Å². The summed E-state index contributed by atoms with van der Waals surface area (Å²) in [6.07, 6.45) is 5.69. The molecule has 1 aliphatic rings. The molecule has 1 aliphatic heterocycles. The van der Waals surface area contributed by atoms with Gasteiger partial charge in [-0.1, -0.05) is 30.7 Å². The molecule has 4 heteroatoms. The highest BCUT2D eigenvalue weighted by atomic mass is 15.2. The molecule has 1 aromatic carbocycles. The summed E-state index contributed by atoms with van der Waals surface area (Å²) in [6, 6.07) is 11.1. The molecule has 0 aliphatic carbocycles. The van der Waals surface area contributed by atoms with Crippen LogP contribution < -0.4 is 0 Å². The first-order valence-corrected chi connectivity index (χ1v) is 7.57. The molecule has 2 aromatic rings. The lowest BCUT2D eigenvalue weighted by Crippen LogP contribution is -2.32. The molecular weight excluding hydrogens is 260 g/mol. The summed E-state index contributed by atoms with van der Waals surface area (Å²) in [6.45, 7) is 4.67. The van der Waals surface area contributed by atoms with E-state index in [0.717, 1.165) is 11.1 Å². The normalized spacial score (nSPS) is 17.3. The molecular formula is C17H20N4. The van der Waals surface area contributed by atoms with E-state index in [2.05, 4.69) is 52.4 Å². The van der Waals surface area contributed by atoms with Gasteiger partial charge in [-0.2, -0.15) is 10.4 Å². The Kier molecular flexibility index (Phi) is 4.03. The van der Waals surface area contributed by atoms with Crippen LogP contribution in [-0.2, 0) is 0 Å². The molecule has 1 saturated heterocycles. The maximum Gasteiger partial charge on any atom is 0.143 e. The molecule has 1 atom stereocenters. The number of benzene rings is 1. The van der Waals surface area contributed by atoms with E-state index < -0.39 is 0 Å². The second-order valence-electron chi connectivity index (χ2n) is 5.67. The number of rotatable bonds is 3. The fraction of sp³-hybridized carbons (Fsp3) is 0.412. The number of nitrogens with zero attached hydrogens (tertiary/aromatic N) is 3. The molecule has 0 spiro atoms. The first-order valence-electron chi connectivity index (χ1n) is 7.57. The van der Waals surface area contributed by atoms with Gasteiger partial charge in [-0.05, 0) is 44.0 Å². The van der Waals surface area contributed by atoms with Crippen molar-refractivity contribution in [1.82, 2.24) is 15.1 Å². The van der Waals surface area contributed by atoms with Crippen molar-refractivity contribution in [2.45, 2.75) is 32.2 Å². The molecule has 0 unspecified atom stereocenters. The van der Waals surface area contributed by atoms with E-state index in [-0.39, 0.29) is 0 Å². The van der Waals surface area contributed by atoms with Gasteiger partial charge in [-0.15, -0.1) is 0 Å². The molecule has 4 nitrogen and oxygen atoms in total. The number of H-pyrrole nitrogens is 1. The van der Waals surface area contributed by atoms with Gasteiger partial charge >= 0.3 is 0 Å². The number of hydrogen-bond acceptors (Lipinski definition) is 3. The summed E-state index contributed by atoms with van der Waals surface area (Å²) in [4.78, 5) is 2.55. The van der Waals surface area contributed by atoms with Crippen LogP contribution in [0.25, 0.3) is 11.1 Å². The molecule has 21 heavy (non-hydrogen) atoms. The van der Waals surface area contributed by atoms with Gasteiger partial charge in [-0.25, -0.2) is 0 Å². The third kappa shape index (κ3) is 2.84. The van der Waals surface area contributed by atoms with E-state index in [1.165, 1.54) is 37.9 Å². The molecule has 0 radical (unpaired) electrons. The first-order chi connectivity index (χ1) is 10.3. The zero-order valence-corrected chi connectivity index (χ0v) is 12.3. The van der Waals surface area contributed by atoms with Gasteiger partial charge in [0.2, 0.25) is 0 Å². The van der Waals surface area contributed by atoms with Crippen LogP contribution in [0.4, 0.5) is 0 Å². The summed E-state index contributed by atoms with van der Waals surface area (Å²) in [5.41, 5.74) is 3.76. The molecule has 1 fully saturated rings. The molecule has 1 aromatic heterocycles. The van der Waals surface area contributed by atoms with Gasteiger partial charge in [0.15, 0.2) is 0 Å². The Morgan fingerprint density at radius 1 is 1.19 bits per heavy atom. The molecule has 3 rings (SSSR count). The van der Waals surface area contributed by atoms with Crippen LogP contribution >= 0.6 is 0 Å². The summed E-state index contributed by atoms with van der Waals surface area (Å²) in [7, 11) is 0. The first kappa shape index (κ1) is 13.8. The second kappa shape index (κ2) is 6.11. The van der Waals surface area contributed by atoms with E-state index in [1.807, 2.05) is 0 Å². The van der Waals surface area contributed by atoms with Crippen molar-refractivity contribution in [3.63, 3.8) is 0 Å². The fourth-order valence-corrected chi connectivity index (χ4v) is 3.05. The second-order valence-corrected chi connectivity index (χ2v) is 5.67. The van der Waals surface area contributed by atoms with Crippen molar-refractivity contribution >= 4 is 0 Å². The third-order valence-corrected chi connectivity index (χ3v) is 4.39. The van der Waals surface area contributed by atoms with Crippen molar-refractivity contribution in [2.75, 3.05) is 13.1 Å². The van der Waals surface area contributed by atoms with Gasteiger partial charge in [0.05, 0.1) is 6.20 Å². The van der Waals surface area contributed by atoms with Crippen LogP contribution in [0.3, 0.4) is 0 Å². The number of aromatic nitrogens is 2. The Bertz CT molecular complexity index is 630. The summed E-state index contributed by atoms with van der Waals surface area (Å²) in [5.74, 6) is 0. The lowest BCUT2D eigenvalue weighted by molar-refractivity contribution is 0.175. The quantitative estimate of drug-likeness (QED) is 0.936. The van der Waals surface area contributed by atoms with E-state index >= 15 is 0 Å². The molecule has 2 heterocycles. The Morgan fingerprint density at radius 3 is 2.57 bits per heavy atom. The Balaban J connectivity index is 1.79. The third-order valence-electron chi connectivity index (χ3n) is 4.39. The van der Waals surface area contributed by atoms with Gasteiger partial charge in [0.25, 0.3) is 0 Å². The number of piperidine rings is 1. The SMILES string of the molecule is C[C@@H](c1ccc(-c2cn[nH]c2C#N)cc1)N1CCCCC1. The lowest BCUT2D eigenvalue weighted by atomic mass is 9.99. The highest BCUT2D eigenvalue weighted by Crippen LogP contribution is 2.27. The van der Waals surface area contributed by atoms with E-state index in [9.17, 15) is 0 Å². The molecule has 108 valence electrons. The summed E-state index contributed by atoms with van der Waals surface area (Å²) < 4.78 is 0. The standard InChI is InChI=1S/C17H20N4/c1-13(21-9-3-2-4-10-21)14-5-7-15(8-6-14)16-12-19-20-17(16)11-18/h5-8,12-13H,2-4,9-10H2,1H3,(H,19,20)/t13-/m0/s1. The average molecular weight is 280 g/mol. The van der Waals surface area contributed by atoms with Crippen molar-refractivity contribution < 1.29 is 0 Å². The van der Waals surface area contributed by atoms with Crippen LogP contribution in [0.2, 0.25) is 0 Å². The largest absolute Gasteiger partial charge is 0.297 e. The molecule has 0 bridgehead atoms. The van der Waals surface area contributed by atoms with Crippen molar-refractivity contribution in [3.05, 3.63) is 41.7 Å². The maximum absolute atomic E-state index is 9.05. The van der Waals surface area contributed by atoms with Crippen molar-refractivity contribution in [1.29, 1.82) is 5.26 Å². The minimum Gasteiger partial charge on any atom is -0.297 e. The van der Waals surface area contributed by atoms with E-state index in [4.69, 9.17) is 5.26 Å². The highest BCUT2D eigenvalue weighted by molar-refractivity contribution is 5.68. The average Bonchev–Trinajstić information content (AvgIpc) is 3.04. The number of nitrogens with one attached hydrogen (secondary N) is 1. The minimum atomic E-state index is 0.458. The maximum atomic E-state index is 9.05. The number of likely N-dealkylation sites (tertiary alicyclic amines) is 1. The minimum absolute atomic E-state index is 0.458. The predicted molar refractivity (Wildman–Crippen MR) is 82.6 cm³/mol. The molecule has 1 N–H and O–H groups in total. The number of hydrogen-bond donors (Lipinski definition) is 1.